The maximum absolute atomic E-state index is 12.5. The molecule has 1 fully saturated rings. The first-order valence-electron chi connectivity index (χ1n) is 10.3. The lowest BCUT2D eigenvalue weighted by atomic mass is 10.2. The van der Waals surface area contributed by atoms with E-state index >= 15 is 0 Å². The number of hydrogen-bond acceptors (Lipinski definition) is 6. The van der Waals surface area contributed by atoms with E-state index < -0.39 is 0 Å². The Morgan fingerprint density at radius 2 is 1.42 bits per heavy atom. The van der Waals surface area contributed by atoms with Crippen LogP contribution in [0.15, 0.2) is 42.5 Å². The molecule has 31 heavy (non-hydrogen) atoms. The highest BCUT2D eigenvalue weighted by molar-refractivity contribution is 5.94. The smallest absolute Gasteiger partial charge is 0.238 e. The van der Waals surface area contributed by atoms with Crippen molar-refractivity contribution >= 4 is 23.2 Å². The number of benzene rings is 2. The van der Waals surface area contributed by atoms with E-state index in [-0.39, 0.29) is 11.8 Å². The molecular weight excluding hydrogens is 396 g/mol. The van der Waals surface area contributed by atoms with E-state index in [0.717, 1.165) is 43.2 Å². The number of hydrogen-bond donors (Lipinski definition) is 2. The zero-order chi connectivity index (χ0) is 22.2. The number of ether oxygens (including phenoxy) is 2. The van der Waals surface area contributed by atoms with Crippen LogP contribution in [-0.2, 0) is 9.59 Å². The first-order valence-corrected chi connectivity index (χ1v) is 10.3. The van der Waals surface area contributed by atoms with Gasteiger partial charge in [0, 0.05) is 31.9 Å². The molecular formula is C23H30N4O4. The zero-order valence-corrected chi connectivity index (χ0v) is 18.3. The van der Waals surface area contributed by atoms with Crippen LogP contribution in [-0.4, -0.2) is 75.1 Å². The molecule has 2 aromatic rings. The summed E-state index contributed by atoms with van der Waals surface area (Å²) in [4.78, 5) is 29.0. The fraction of sp³-hybridized carbons (Fsp3) is 0.391. The van der Waals surface area contributed by atoms with Crippen LogP contribution in [0.4, 0.5) is 11.4 Å². The molecule has 1 saturated heterocycles. The Hall–Kier alpha value is -3.10. The molecule has 0 aromatic heterocycles. The van der Waals surface area contributed by atoms with Gasteiger partial charge >= 0.3 is 0 Å². The molecule has 1 aliphatic rings. The van der Waals surface area contributed by atoms with Crippen molar-refractivity contribution in [1.82, 2.24) is 9.80 Å². The molecule has 0 aliphatic carbocycles. The number of carbonyl (C=O) groups excluding carboxylic acids is 2. The fourth-order valence-electron chi connectivity index (χ4n) is 3.50. The molecule has 0 atom stereocenters. The van der Waals surface area contributed by atoms with Gasteiger partial charge in [0.25, 0.3) is 0 Å². The van der Waals surface area contributed by atoms with Crippen molar-refractivity contribution in [1.29, 1.82) is 0 Å². The van der Waals surface area contributed by atoms with Gasteiger partial charge in [-0.3, -0.25) is 19.4 Å². The number of piperazine rings is 1. The second-order valence-electron chi connectivity index (χ2n) is 7.58. The second kappa shape index (κ2) is 10.8. The largest absolute Gasteiger partial charge is 0.497 e. The van der Waals surface area contributed by atoms with Crippen LogP contribution in [0.5, 0.6) is 11.5 Å². The summed E-state index contributed by atoms with van der Waals surface area (Å²) in [7, 11) is 3.20. The van der Waals surface area contributed by atoms with Gasteiger partial charge in [0.05, 0.1) is 33.0 Å². The van der Waals surface area contributed by atoms with Crippen LogP contribution in [0.2, 0.25) is 0 Å². The Morgan fingerprint density at radius 1 is 0.839 bits per heavy atom. The number of methoxy groups -OCH3 is 2. The van der Waals surface area contributed by atoms with Gasteiger partial charge in [0.1, 0.15) is 11.5 Å². The minimum absolute atomic E-state index is 0.0529. The molecule has 0 bridgehead atoms. The topological polar surface area (TPSA) is 83.1 Å². The summed E-state index contributed by atoms with van der Waals surface area (Å²) in [6.45, 7) is 5.53. The molecule has 2 N–H and O–H groups in total. The Bertz CT molecular complexity index is 893. The van der Waals surface area contributed by atoms with Crippen molar-refractivity contribution in [2.24, 2.45) is 0 Å². The summed E-state index contributed by atoms with van der Waals surface area (Å²) in [6.07, 6.45) is 0. The van der Waals surface area contributed by atoms with E-state index in [0.29, 0.717) is 24.5 Å². The molecule has 1 aliphatic heterocycles. The van der Waals surface area contributed by atoms with Crippen molar-refractivity contribution in [2.75, 3.05) is 64.1 Å². The molecule has 3 rings (SSSR count). The summed E-state index contributed by atoms with van der Waals surface area (Å²) in [5, 5.41) is 5.84. The highest BCUT2D eigenvalue weighted by atomic mass is 16.5. The maximum atomic E-state index is 12.5. The molecule has 0 saturated carbocycles. The Kier molecular flexibility index (Phi) is 7.86. The number of nitrogens with one attached hydrogen (secondary N) is 2. The van der Waals surface area contributed by atoms with Crippen molar-refractivity contribution in [3.8, 4) is 11.5 Å². The van der Waals surface area contributed by atoms with Gasteiger partial charge in [-0.25, -0.2) is 0 Å². The van der Waals surface area contributed by atoms with E-state index in [2.05, 4.69) is 20.4 Å². The predicted octanol–water partition coefficient (Wildman–Crippen LogP) is 2.21. The molecule has 0 radical (unpaired) electrons. The molecule has 8 nitrogen and oxygen atoms in total. The Labute approximate surface area is 183 Å². The normalized spacial score (nSPS) is 14.7. The third kappa shape index (κ3) is 6.70. The number of rotatable bonds is 8. The highest BCUT2D eigenvalue weighted by Crippen LogP contribution is 2.25. The van der Waals surface area contributed by atoms with Gasteiger partial charge in [-0.15, -0.1) is 0 Å². The minimum Gasteiger partial charge on any atom is -0.497 e. The van der Waals surface area contributed by atoms with Crippen molar-refractivity contribution in [2.45, 2.75) is 6.92 Å². The number of amides is 2. The van der Waals surface area contributed by atoms with E-state index in [4.69, 9.17) is 9.47 Å². The number of carbonyl (C=O) groups is 2. The summed E-state index contributed by atoms with van der Waals surface area (Å²) < 4.78 is 10.4. The van der Waals surface area contributed by atoms with Crippen LogP contribution in [0.1, 0.15) is 5.56 Å². The molecule has 1 heterocycles. The van der Waals surface area contributed by atoms with Crippen LogP contribution in [0, 0.1) is 6.92 Å². The van der Waals surface area contributed by atoms with Crippen LogP contribution < -0.4 is 20.1 Å². The van der Waals surface area contributed by atoms with E-state index in [9.17, 15) is 9.59 Å². The Balaban J connectivity index is 1.41. The SMILES string of the molecule is COc1ccc(NC(=O)CN2CCN(CC(=O)Nc3cc(C)ccc3OC)CC2)cc1. The minimum atomic E-state index is -0.0744. The predicted molar refractivity (Wildman–Crippen MR) is 121 cm³/mol. The standard InChI is InChI=1S/C23H30N4O4/c1-17-4-9-21(31-3)20(14-17)25-23(29)16-27-12-10-26(11-13-27)15-22(28)24-18-5-7-19(30-2)8-6-18/h4-9,14H,10-13,15-16H2,1-3H3,(H,24,28)(H,25,29). The lowest BCUT2D eigenvalue weighted by Gasteiger charge is -2.33. The summed E-state index contributed by atoms with van der Waals surface area (Å²) >= 11 is 0. The third-order valence-corrected chi connectivity index (χ3v) is 5.20. The zero-order valence-electron chi connectivity index (χ0n) is 18.3. The lowest BCUT2D eigenvalue weighted by molar-refractivity contribution is -0.120. The van der Waals surface area contributed by atoms with Gasteiger partial charge in [-0.2, -0.15) is 0 Å². The van der Waals surface area contributed by atoms with Gasteiger partial charge in [0.2, 0.25) is 11.8 Å². The second-order valence-corrected chi connectivity index (χ2v) is 7.58. The van der Waals surface area contributed by atoms with Crippen LogP contribution in [0.3, 0.4) is 0 Å². The van der Waals surface area contributed by atoms with Crippen molar-refractivity contribution in [3.05, 3.63) is 48.0 Å². The Morgan fingerprint density at radius 3 is 1.97 bits per heavy atom. The van der Waals surface area contributed by atoms with E-state index in [1.807, 2.05) is 49.4 Å². The van der Waals surface area contributed by atoms with Gasteiger partial charge in [-0.1, -0.05) is 6.07 Å². The maximum Gasteiger partial charge on any atom is 0.238 e. The number of nitrogens with zero attached hydrogens (tertiary/aromatic N) is 2. The van der Waals surface area contributed by atoms with Crippen LogP contribution in [0.25, 0.3) is 0 Å². The average Bonchev–Trinajstić information content (AvgIpc) is 2.76. The molecule has 0 unspecified atom stereocenters. The number of anilines is 2. The van der Waals surface area contributed by atoms with E-state index in [1.165, 1.54) is 0 Å². The quantitative estimate of drug-likeness (QED) is 0.674. The van der Waals surface area contributed by atoms with E-state index in [1.54, 1.807) is 14.2 Å². The van der Waals surface area contributed by atoms with Gasteiger partial charge < -0.3 is 20.1 Å². The summed E-state index contributed by atoms with van der Waals surface area (Å²) in [5.74, 6) is 1.27. The first-order chi connectivity index (χ1) is 15.0. The highest BCUT2D eigenvalue weighted by Gasteiger charge is 2.21. The summed E-state index contributed by atoms with van der Waals surface area (Å²) in [5.41, 5.74) is 2.48. The number of aryl methyl sites for hydroxylation is 1. The average molecular weight is 427 g/mol. The van der Waals surface area contributed by atoms with Gasteiger partial charge in [-0.05, 0) is 48.9 Å². The summed E-state index contributed by atoms with van der Waals surface area (Å²) in [6, 6.07) is 12.9. The van der Waals surface area contributed by atoms with Crippen LogP contribution >= 0.6 is 0 Å². The van der Waals surface area contributed by atoms with Gasteiger partial charge in [0.15, 0.2) is 0 Å². The molecule has 2 amide bonds. The lowest BCUT2D eigenvalue weighted by Crippen LogP contribution is -2.50. The first kappa shape index (κ1) is 22.6. The molecule has 166 valence electrons. The monoisotopic (exact) mass is 426 g/mol. The molecule has 0 spiro atoms. The van der Waals surface area contributed by atoms with Crippen molar-refractivity contribution in [3.63, 3.8) is 0 Å². The van der Waals surface area contributed by atoms with Crippen molar-refractivity contribution < 1.29 is 19.1 Å². The third-order valence-electron chi connectivity index (χ3n) is 5.20. The molecule has 2 aromatic carbocycles. The fourth-order valence-corrected chi connectivity index (χ4v) is 3.50. The molecule has 8 heteroatoms.